The van der Waals surface area contributed by atoms with Gasteiger partial charge in [0.2, 0.25) is 15.9 Å². The molecular weight excluding hydrogens is 362 g/mol. The molecule has 1 amide bonds. The number of benzene rings is 1. The summed E-state index contributed by atoms with van der Waals surface area (Å²) >= 11 is 0. The van der Waals surface area contributed by atoms with E-state index < -0.39 is 16.1 Å². The standard InChI is InChI=1S/C17H27N3O3S.ClH/c1-12(2)16(17(21)19-14-5-4-10-18-11-14)20-24(22,23)15-8-6-13(3)7-9-15;/h6-9,12,14,16,18,20H,4-5,10-11H2,1-3H3,(H,19,21);1H/t14-,16?;/m0./s1. The van der Waals surface area contributed by atoms with Gasteiger partial charge in [-0.2, -0.15) is 4.72 Å². The number of hydrogen-bond acceptors (Lipinski definition) is 4. The molecule has 0 saturated carbocycles. The van der Waals surface area contributed by atoms with Crippen LogP contribution in [0.2, 0.25) is 0 Å². The molecule has 8 heteroatoms. The zero-order chi connectivity index (χ0) is 17.7. The second-order valence-electron chi connectivity index (χ2n) is 6.71. The molecule has 0 aliphatic carbocycles. The van der Waals surface area contributed by atoms with Crippen molar-refractivity contribution in [2.75, 3.05) is 13.1 Å². The molecule has 0 bridgehead atoms. The first-order valence-corrected chi connectivity index (χ1v) is 9.88. The van der Waals surface area contributed by atoms with Crippen molar-refractivity contribution in [1.82, 2.24) is 15.4 Å². The molecule has 2 atom stereocenters. The van der Waals surface area contributed by atoms with Crippen LogP contribution in [0, 0.1) is 12.8 Å². The molecular formula is C17H28ClN3O3S. The summed E-state index contributed by atoms with van der Waals surface area (Å²) in [5.74, 6) is -0.420. The number of carbonyl (C=O) groups excluding carboxylic acids is 1. The Morgan fingerprint density at radius 3 is 2.40 bits per heavy atom. The lowest BCUT2D eigenvalue weighted by Gasteiger charge is -2.28. The number of nitrogens with one attached hydrogen (secondary N) is 3. The highest BCUT2D eigenvalue weighted by atomic mass is 35.5. The fraction of sp³-hybridized carbons (Fsp3) is 0.588. The Labute approximate surface area is 156 Å². The molecule has 0 spiro atoms. The summed E-state index contributed by atoms with van der Waals surface area (Å²) in [5, 5.41) is 6.19. The molecule has 1 aromatic carbocycles. The SMILES string of the molecule is Cc1ccc(S(=O)(=O)NC(C(=O)N[C@H]2CCCNC2)C(C)C)cc1.Cl. The number of sulfonamides is 1. The summed E-state index contributed by atoms with van der Waals surface area (Å²) in [4.78, 5) is 12.7. The first-order chi connectivity index (χ1) is 11.3. The molecule has 1 fully saturated rings. The van der Waals surface area contributed by atoms with Gasteiger partial charge in [-0.05, 0) is 44.4 Å². The van der Waals surface area contributed by atoms with E-state index in [2.05, 4.69) is 15.4 Å². The van der Waals surface area contributed by atoms with Crippen LogP contribution in [0.25, 0.3) is 0 Å². The van der Waals surface area contributed by atoms with Crippen LogP contribution in [0.5, 0.6) is 0 Å². The molecule has 0 radical (unpaired) electrons. The highest BCUT2D eigenvalue weighted by Crippen LogP contribution is 2.13. The predicted octanol–water partition coefficient (Wildman–Crippen LogP) is 1.59. The molecule has 1 saturated heterocycles. The molecule has 142 valence electrons. The van der Waals surface area contributed by atoms with E-state index in [4.69, 9.17) is 0 Å². The Hall–Kier alpha value is -1.15. The van der Waals surface area contributed by atoms with Crippen molar-refractivity contribution in [3.8, 4) is 0 Å². The van der Waals surface area contributed by atoms with Gasteiger partial charge in [0, 0.05) is 12.6 Å². The third-order valence-corrected chi connectivity index (χ3v) is 5.66. The summed E-state index contributed by atoms with van der Waals surface area (Å²) in [6.45, 7) is 7.25. The van der Waals surface area contributed by atoms with Gasteiger partial charge in [-0.3, -0.25) is 4.79 Å². The van der Waals surface area contributed by atoms with Crippen LogP contribution < -0.4 is 15.4 Å². The minimum absolute atomic E-state index is 0. The Morgan fingerprint density at radius 1 is 1.24 bits per heavy atom. The van der Waals surface area contributed by atoms with E-state index in [1.54, 1.807) is 24.3 Å². The monoisotopic (exact) mass is 389 g/mol. The number of carbonyl (C=O) groups is 1. The van der Waals surface area contributed by atoms with Gasteiger partial charge in [-0.15, -0.1) is 12.4 Å². The smallest absolute Gasteiger partial charge is 0.241 e. The Kier molecular flexibility index (Phi) is 8.34. The molecule has 1 heterocycles. The van der Waals surface area contributed by atoms with Crippen LogP contribution in [0.3, 0.4) is 0 Å². The van der Waals surface area contributed by atoms with Gasteiger partial charge in [0.25, 0.3) is 0 Å². The molecule has 3 N–H and O–H groups in total. The van der Waals surface area contributed by atoms with Crippen molar-refractivity contribution in [3.63, 3.8) is 0 Å². The lowest BCUT2D eigenvalue weighted by molar-refractivity contribution is -0.124. The van der Waals surface area contributed by atoms with Crippen molar-refractivity contribution in [1.29, 1.82) is 0 Å². The number of halogens is 1. The maximum absolute atomic E-state index is 12.6. The summed E-state index contributed by atoms with van der Waals surface area (Å²) in [6, 6.07) is 5.85. The van der Waals surface area contributed by atoms with Gasteiger partial charge in [0.15, 0.2) is 0 Å². The summed E-state index contributed by atoms with van der Waals surface area (Å²) in [5.41, 5.74) is 0.983. The second kappa shape index (κ2) is 9.52. The van der Waals surface area contributed by atoms with Crippen molar-refractivity contribution in [2.24, 2.45) is 5.92 Å². The van der Waals surface area contributed by atoms with Gasteiger partial charge in [0.1, 0.15) is 6.04 Å². The third kappa shape index (κ3) is 6.26. The van der Waals surface area contributed by atoms with Crippen LogP contribution in [0.4, 0.5) is 0 Å². The normalized spacial score (nSPS) is 19.1. The Morgan fingerprint density at radius 2 is 1.88 bits per heavy atom. The average molecular weight is 390 g/mol. The highest BCUT2D eigenvalue weighted by Gasteiger charge is 2.29. The quantitative estimate of drug-likeness (QED) is 0.689. The van der Waals surface area contributed by atoms with Crippen LogP contribution in [0.15, 0.2) is 29.2 Å². The maximum Gasteiger partial charge on any atom is 0.241 e. The summed E-state index contributed by atoms with van der Waals surface area (Å²) in [6.07, 6.45) is 1.92. The second-order valence-corrected chi connectivity index (χ2v) is 8.42. The number of hydrogen-bond donors (Lipinski definition) is 3. The molecule has 0 aromatic heterocycles. The number of aryl methyl sites for hydroxylation is 1. The first-order valence-electron chi connectivity index (χ1n) is 8.39. The van der Waals surface area contributed by atoms with E-state index >= 15 is 0 Å². The van der Waals surface area contributed by atoms with Crippen LogP contribution in [-0.2, 0) is 14.8 Å². The first kappa shape index (κ1) is 21.9. The summed E-state index contributed by atoms with van der Waals surface area (Å²) < 4.78 is 27.7. The van der Waals surface area contributed by atoms with Gasteiger partial charge in [0.05, 0.1) is 4.90 Å². The van der Waals surface area contributed by atoms with E-state index in [1.165, 1.54) is 0 Å². The largest absolute Gasteiger partial charge is 0.351 e. The fourth-order valence-corrected chi connectivity index (χ4v) is 4.05. The topological polar surface area (TPSA) is 87.3 Å². The van der Waals surface area contributed by atoms with Gasteiger partial charge >= 0.3 is 0 Å². The zero-order valence-electron chi connectivity index (χ0n) is 14.9. The van der Waals surface area contributed by atoms with Crippen molar-refractivity contribution < 1.29 is 13.2 Å². The Bertz CT molecular complexity index is 656. The molecule has 25 heavy (non-hydrogen) atoms. The van der Waals surface area contributed by atoms with Crippen molar-refractivity contribution in [3.05, 3.63) is 29.8 Å². The number of amides is 1. The maximum atomic E-state index is 12.6. The molecule has 1 aliphatic heterocycles. The molecule has 1 aromatic rings. The highest BCUT2D eigenvalue weighted by molar-refractivity contribution is 7.89. The number of piperidine rings is 1. The van der Waals surface area contributed by atoms with E-state index in [0.717, 1.165) is 31.5 Å². The van der Waals surface area contributed by atoms with Gasteiger partial charge in [-0.1, -0.05) is 31.5 Å². The predicted molar refractivity (Wildman–Crippen MR) is 101 cm³/mol. The lowest BCUT2D eigenvalue weighted by Crippen LogP contribution is -2.54. The van der Waals surface area contributed by atoms with Crippen LogP contribution >= 0.6 is 12.4 Å². The zero-order valence-corrected chi connectivity index (χ0v) is 16.5. The van der Waals surface area contributed by atoms with Gasteiger partial charge in [-0.25, -0.2) is 8.42 Å². The molecule has 6 nitrogen and oxygen atoms in total. The molecule has 1 unspecified atom stereocenters. The number of rotatable bonds is 6. The van der Waals surface area contributed by atoms with E-state index in [-0.39, 0.29) is 35.2 Å². The third-order valence-electron chi connectivity index (χ3n) is 4.21. The Balaban J connectivity index is 0.00000312. The van der Waals surface area contributed by atoms with E-state index in [9.17, 15) is 13.2 Å². The van der Waals surface area contributed by atoms with Crippen molar-refractivity contribution in [2.45, 2.75) is 50.6 Å². The van der Waals surface area contributed by atoms with E-state index in [0.29, 0.717) is 0 Å². The van der Waals surface area contributed by atoms with E-state index in [1.807, 2.05) is 20.8 Å². The van der Waals surface area contributed by atoms with Gasteiger partial charge < -0.3 is 10.6 Å². The molecule has 2 rings (SSSR count). The minimum atomic E-state index is -3.73. The summed E-state index contributed by atoms with van der Waals surface area (Å²) in [7, 11) is -3.73. The fourth-order valence-electron chi connectivity index (χ4n) is 2.71. The van der Waals surface area contributed by atoms with Crippen molar-refractivity contribution >= 4 is 28.3 Å². The molecule has 1 aliphatic rings. The van der Waals surface area contributed by atoms with Crippen LogP contribution in [0.1, 0.15) is 32.3 Å². The van der Waals surface area contributed by atoms with Crippen LogP contribution in [-0.4, -0.2) is 39.5 Å². The lowest BCUT2D eigenvalue weighted by atomic mass is 10.0. The minimum Gasteiger partial charge on any atom is -0.351 e. The average Bonchev–Trinajstić information content (AvgIpc) is 2.53.